The number of fused-ring (bicyclic) bond motifs is 2. The quantitative estimate of drug-likeness (QED) is 0.174. The number of hydrogen-bond acceptors (Lipinski definition) is 8. The molecule has 3 aromatic rings. The number of amides is 1. The fraction of sp³-hybridized carbons (Fsp3) is 0.487. The summed E-state index contributed by atoms with van der Waals surface area (Å²) in [6.07, 6.45) is 3.68. The Hall–Kier alpha value is -3.63. The van der Waals surface area contributed by atoms with E-state index in [0.717, 1.165) is 98.7 Å². The van der Waals surface area contributed by atoms with Gasteiger partial charge in [-0.25, -0.2) is 0 Å². The topological polar surface area (TPSA) is 73.4 Å². The van der Waals surface area contributed by atoms with Crippen molar-refractivity contribution in [1.82, 2.24) is 9.80 Å². The number of ether oxygens (including phenoxy) is 1. The molecule has 266 valence electrons. The summed E-state index contributed by atoms with van der Waals surface area (Å²) in [6, 6.07) is 20.3. The summed E-state index contributed by atoms with van der Waals surface area (Å²) in [5.74, 6) is 1.49. The standard InChI is InChI=1S/C29H31BN4O3S.C3H6O.C3H8.2C2H6/c1-31-10-14-33(15-11-31)21-6-8-24-27(18-21)37-28-19-22(34-16-12-32(20-35)13-17-34)7-9-25(28)29(24,38)23-4-2-3-5-26(23)30-36;1-2-3-4;1-3-2;2*1-2/h2-9,18-20,38H,10-17H2,1H3;3H,2H2,1H3;3H2,1-2H3;2*1-2H3. The predicted molar refractivity (Wildman–Crippen MR) is 209 cm³/mol. The minimum atomic E-state index is -0.865. The number of hydrogen-bond donors (Lipinski definition) is 1. The molecule has 0 spiro atoms. The van der Waals surface area contributed by atoms with E-state index in [0.29, 0.717) is 25.0 Å². The van der Waals surface area contributed by atoms with Crippen LogP contribution in [0.15, 0.2) is 60.7 Å². The third kappa shape index (κ3) is 10.2. The number of nitrogens with zero attached hydrogens (tertiary/aromatic N) is 4. The van der Waals surface area contributed by atoms with Gasteiger partial charge in [0.15, 0.2) is 0 Å². The van der Waals surface area contributed by atoms with Gasteiger partial charge in [-0.05, 0) is 0 Å². The number of carbonyl (C=O) groups is 2. The van der Waals surface area contributed by atoms with Gasteiger partial charge in [-0.2, -0.15) is 0 Å². The Balaban J connectivity index is 0.000000677. The predicted octanol–water partition coefficient (Wildman–Crippen LogP) is 6.78. The maximum absolute atomic E-state index is 12.1. The van der Waals surface area contributed by atoms with Crippen LogP contribution in [0.1, 0.15) is 78.0 Å². The van der Waals surface area contributed by atoms with Crippen molar-refractivity contribution in [3.8, 4) is 11.5 Å². The summed E-state index contributed by atoms with van der Waals surface area (Å²) in [7, 11) is 3.06. The molecule has 3 aromatic carbocycles. The molecule has 6 rings (SSSR count). The van der Waals surface area contributed by atoms with Crippen molar-refractivity contribution >= 4 is 49.3 Å². The number of likely N-dealkylation sites (N-methyl/N-ethyl adjacent to an activating group) is 1. The molecule has 3 aliphatic rings. The van der Waals surface area contributed by atoms with Gasteiger partial charge in [0.2, 0.25) is 0 Å². The Morgan fingerprint density at radius 2 is 1.18 bits per heavy atom. The van der Waals surface area contributed by atoms with Crippen molar-refractivity contribution in [1.29, 1.82) is 0 Å². The summed E-state index contributed by atoms with van der Waals surface area (Å²) >= 11 is 5.36. The zero-order valence-electron chi connectivity index (χ0n) is 30.9. The van der Waals surface area contributed by atoms with Gasteiger partial charge in [-0.1, -0.05) is 54.9 Å². The first-order chi connectivity index (χ1) is 23.8. The van der Waals surface area contributed by atoms with Gasteiger partial charge < -0.3 is 4.79 Å². The number of carbonyl (C=O) groups excluding carboxylic acids is 2. The summed E-state index contributed by atoms with van der Waals surface area (Å²) in [5.41, 5.74) is 5.45. The zero-order valence-corrected chi connectivity index (χ0v) is 31.8. The normalized spacial score (nSPS) is 17.6. The SMILES string of the molecule is CC.CC.CCC.CCC=O.CN1CCN(c2ccc3c(c2)Oc2cc(N4CCN(C=O)CC4)ccc2C3(S)c2ccccc2B=O)CC1. The Morgan fingerprint density at radius 3 is 1.61 bits per heavy atom. The van der Waals surface area contributed by atoms with E-state index in [1.807, 2.05) is 58.9 Å². The minimum absolute atomic E-state index is 0.610. The fourth-order valence-electron chi connectivity index (χ4n) is 5.82. The molecule has 1 atom stereocenters. The molecule has 3 heterocycles. The van der Waals surface area contributed by atoms with Crippen LogP contribution in [0.3, 0.4) is 0 Å². The molecule has 0 saturated carbocycles. The molecule has 0 aromatic heterocycles. The van der Waals surface area contributed by atoms with Crippen LogP contribution in [0.4, 0.5) is 11.4 Å². The summed E-state index contributed by atoms with van der Waals surface area (Å²) < 4.78 is 17.9. The summed E-state index contributed by atoms with van der Waals surface area (Å²) in [6.45, 7) is 20.9. The first kappa shape index (κ1) is 41.5. The molecule has 0 N–H and O–H groups in total. The molecule has 1 amide bonds. The molecule has 0 bridgehead atoms. The third-order valence-electron chi connectivity index (χ3n) is 8.27. The molecule has 1 unspecified atom stereocenters. The van der Waals surface area contributed by atoms with Gasteiger partial charge in [0, 0.05) is 6.42 Å². The van der Waals surface area contributed by atoms with Crippen molar-refractivity contribution in [2.24, 2.45) is 0 Å². The second-order valence-electron chi connectivity index (χ2n) is 11.6. The van der Waals surface area contributed by atoms with Crippen molar-refractivity contribution in [2.45, 2.75) is 66.1 Å². The van der Waals surface area contributed by atoms with Crippen LogP contribution in [0, 0.1) is 0 Å². The van der Waals surface area contributed by atoms with E-state index in [4.69, 9.17) is 17.4 Å². The molecule has 3 aliphatic heterocycles. The zero-order chi connectivity index (χ0) is 36.4. The van der Waals surface area contributed by atoms with Crippen LogP contribution >= 0.6 is 12.6 Å². The molecular weight excluding hydrogens is 631 g/mol. The van der Waals surface area contributed by atoms with Crippen LogP contribution in [0.2, 0.25) is 0 Å². The second kappa shape index (κ2) is 21.5. The first-order valence-corrected chi connectivity index (χ1v) is 18.3. The van der Waals surface area contributed by atoms with Gasteiger partial charge in [0.05, 0.1) is 0 Å². The van der Waals surface area contributed by atoms with Gasteiger partial charge >= 0.3 is 225 Å². The average Bonchev–Trinajstić information content (AvgIpc) is 3.16. The monoisotopic (exact) mass is 688 g/mol. The molecule has 2 saturated heterocycles. The Labute approximate surface area is 301 Å². The van der Waals surface area contributed by atoms with Crippen molar-refractivity contribution < 1.29 is 19.0 Å². The van der Waals surface area contributed by atoms with Crippen LogP contribution in [-0.4, -0.2) is 89.1 Å². The summed E-state index contributed by atoms with van der Waals surface area (Å²) in [4.78, 5) is 29.2. The van der Waals surface area contributed by atoms with Crippen molar-refractivity contribution in [2.75, 3.05) is 69.2 Å². The number of aldehydes is 1. The number of anilines is 2. The van der Waals surface area contributed by atoms with E-state index in [1.54, 1.807) is 4.90 Å². The van der Waals surface area contributed by atoms with Crippen molar-refractivity contribution in [3.05, 3.63) is 77.4 Å². The Kier molecular flexibility index (Phi) is 18.2. The molecule has 2 fully saturated rings. The van der Waals surface area contributed by atoms with Crippen LogP contribution in [-0.2, 0) is 19.0 Å². The average molecular weight is 689 g/mol. The number of piperazine rings is 2. The molecular formula is C39H57BN4O4S. The maximum atomic E-state index is 12.1. The second-order valence-corrected chi connectivity index (χ2v) is 12.3. The van der Waals surface area contributed by atoms with E-state index < -0.39 is 4.75 Å². The van der Waals surface area contributed by atoms with Crippen LogP contribution in [0.25, 0.3) is 0 Å². The number of rotatable bonds is 6. The number of benzene rings is 3. The molecule has 8 nitrogen and oxygen atoms in total. The van der Waals surface area contributed by atoms with E-state index in [1.165, 1.54) is 6.42 Å². The Morgan fingerprint density at radius 1 is 0.735 bits per heavy atom. The van der Waals surface area contributed by atoms with E-state index in [-0.39, 0.29) is 0 Å². The fourth-order valence-corrected chi connectivity index (χ4v) is 6.39. The van der Waals surface area contributed by atoms with Gasteiger partial charge in [0.1, 0.15) is 6.29 Å². The summed E-state index contributed by atoms with van der Waals surface area (Å²) in [5, 5.41) is 0. The molecule has 49 heavy (non-hydrogen) atoms. The molecule has 0 aliphatic carbocycles. The van der Waals surface area contributed by atoms with Gasteiger partial charge in [0.25, 0.3) is 0 Å². The van der Waals surface area contributed by atoms with E-state index >= 15 is 0 Å². The Bertz CT molecular complexity index is 1460. The van der Waals surface area contributed by atoms with Crippen LogP contribution < -0.4 is 20.0 Å². The first-order valence-electron chi connectivity index (χ1n) is 17.9. The van der Waals surface area contributed by atoms with Gasteiger partial charge in [-0.3, -0.25) is 4.79 Å². The molecule has 0 radical (unpaired) electrons. The van der Waals surface area contributed by atoms with Crippen molar-refractivity contribution in [3.63, 3.8) is 0 Å². The third-order valence-corrected chi connectivity index (χ3v) is 8.99. The van der Waals surface area contributed by atoms with Gasteiger partial charge in [-0.15, -0.1) is 0 Å². The number of thiol groups is 1. The van der Waals surface area contributed by atoms with E-state index in [9.17, 15) is 14.3 Å². The molecule has 10 heteroatoms. The van der Waals surface area contributed by atoms with Crippen LogP contribution in [0.5, 0.6) is 11.5 Å². The van der Waals surface area contributed by atoms with E-state index in [2.05, 4.69) is 72.0 Å².